The van der Waals surface area contributed by atoms with E-state index in [4.69, 9.17) is 5.11 Å². The van der Waals surface area contributed by atoms with Crippen molar-refractivity contribution in [3.63, 3.8) is 0 Å². The number of anilines is 1. The van der Waals surface area contributed by atoms with Crippen LogP contribution in [0.3, 0.4) is 0 Å². The molecule has 0 bridgehead atoms. The summed E-state index contributed by atoms with van der Waals surface area (Å²) >= 11 is 0. The van der Waals surface area contributed by atoms with Crippen molar-refractivity contribution >= 4 is 27.6 Å². The Kier molecular flexibility index (Phi) is 5.92. The molecule has 0 atom stereocenters. The Morgan fingerprint density at radius 2 is 1.95 bits per heavy atom. The molecule has 0 unspecified atom stereocenters. The normalized spacial score (nSPS) is 11.0. The molecule has 0 aromatic heterocycles. The molecule has 22 heavy (non-hydrogen) atoms. The lowest BCUT2D eigenvalue weighted by Crippen LogP contribution is -2.29. The summed E-state index contributed by atoms with van der Waals surface area (Å²) in [6.07, 6.45) is 1.32. The molecule has 1 aromatic carbocycles. The van der Waals surface area contributed by atoms with Crippen molar-refractivity contribution in [2.45, 2.75) is 19.8 Å². The van der Waals surface area contributed by atoms with E-state index in [1.165, 1.54) is 11.0 Å². The number of carboxylic acids is 1. The highest BCUT2D eigenvalue weighted by Crippen LogP contribution is 2.20. The predicted molar refractivity (Wildman–Crippen MR) is 83.5 cm³/mol. The number of carboxylic acid groups (broad SMARTS) is 1. The van der Waals surface area contributed by atoms with Gasteiger partial charge in [0.05, 0.1) is 17.5 Å². The van der Waals surface area contributed by atoms with Crippen molar-refractivity contribution in [2.75, 3.05) is 24.6 Å². The first-order valence-electron chi connectivity index (χ1n) is 6.66. The Morgan fingerprint density at radius 1 is 1.32 bits per heavy atom. The third kappa shape index (κ3) is 5.72. The largest absolute Gasteiger partial charge is 0.481 e. The zero-order chi connectivity index (χ0) is 16.9. The maximum absolute atomic E-state index is 12.4. The van der Waals surface area contributed by atoms with Crippen LogP contribution in [0, 0.1) is 6.92 Å². The fourth-order valence-corrected chi connectivity index (χ4v) is 2.48. The van der Waals surface area contributed by atoms with E-state index < -0.39 is 16.0 Å². The second-order valence-corrected chi connectivity index (χ2v) is 6.90. The Morgan fingerprint density at radius 3 is 2.50 bits per heavy atom. The summed E-state index contributed by atoms with van der Waals surface area (Å²) in [6, 6.07) is 4.84. The van der Waals surface area contributed by atoms with Gasteiger partial charge in [0.25, 0.3) is 5.91 Å². The lowest BCUT2D eigenvalue weighted by Gasteiger charge is -2.19. The van der Waals surface area contributed by atoms with Crippen LogP contribution in [0.4, 0.5) is 5.69 Å². The minimum atomic E-state index is -3.50. The molecule has 0 heterocycles. The topological polar surface area (TPSA) is 104 Å². The van der Waals surface area contributed by atoms with Gasteiger partial charge in [0, 0.05) is 20.0 Å². The number of hydrogen-bond acceptors (Lipinski definition) is 4. The second kappa shape index (κ2) is 7.26. The van der Waals surface area contributed by atoms with Gasteiger partial charge in [0.1, 0.15) is 0 Å². The third-order valence-corrected chi connectivity index (χ3v) is 3.52. The van der Waals surface area contributed by atoms with E-state index in [1.54, 1.807) is 26.1 Å². The maximum atomic E-state index is 12.4. The van der Waals surface area contributed by atoms with Crippen LogP contribution in [-0.2, 0) is 14.8 Å². The van der Waals surface area contributed by atoms with Crippen molar-refractivity contribution in [2.24, 2.45) is 0 Å². The molecule has 122 valence electrons. The van der Waals surface area contributed by atoms with Crippen LogP contribution in [0.5, 0.6) is 0 Å². The average molecular weight is 328 g/mol. The summed E-state index contributed by atoms with van der Waals surface area (Å²) in [4.78, 5) is 24.3. The van der Waals surface area contributed by atoms with Crippen molar-refractivity contribution in [3.8, 4) is 0 Å². The number of benzene rings is 1. The Labute approximate surface area is 130 Å². The van der Waals surface area contributed by atoms with Crippen molar-refractivity contribution in [1.29, 1.82) is 0 Å². The standard InChI is InChI=1S/C14H20N2O5S/c1-10-6-7-12(15-22(3,20)21)11(9-10)14(19)16(2)8-4-5-13(17)18/h6-7,9,15H,4-5,8H2,1-3H3,(H,17,18). The summed E-state index contributed by atoms with van der Waals surface area (Å²) in [6.45, 7) is 2.07. The van der Waals surface area contributed by atoms with Crippen LogP contribution in [0.1, 0.15) is 28.8 Å². The van der Waals surface area contributed by atoms with Gasteiger partial charge in [0.15, 0.2) is 0 Å². The highest BCUT2D eigenvalue weighted by atomic mass is 32.2. The molecule has 2 N–H and O–H groups in total. The first-order valence-corrected chi connectivity index (χ1v) is 8.55. The number of amides is 1. The van der Waals surface area contributed by atoms with Gasteiger partial charge in [-0.25, -0.2) is 8.42 Å². The molecular formula is C14H20N2O5S. The Balaban J connectivity index is 2.95. The molecule has 0 radical (unpaired) electrons. The van der Waals surface area contributed by atoms with Gasteiger partial charge in [-0.05, 0) is 25.5 Å². The lowest BCUT2D eigenvalue weighted by atomic mass is 10.1. The van der Waals surface area contributed by atoms with Gasteiger partial charge < -0.3 is 10.0 Å². The molecule has 0 spiro atoms. The van der Waals surface area contributed by atoms with Gasteiger partial charge >= 0.3 is 5.97 Å². The number of carbonyl (C=O) groups is 2. The number of rotatable bonds is 7. The molecule has 1 aromatic rings. The Bertz CT molecular complexity index is 670. The van der Waals surface area contributed by atoms with Gasteiger partial charge in [0.2, 0.25) is 10.0 Å². The summed E-state index contributed by atoms with van der Waals surface area (Å²) < 4.78 is 25.1. The lowest BCUT2D eigenvalue weighted by molar-refractivity contribution is -0.137. The molecule has 0 aliphatic heterocycles. The van der Waals surface area contributed by atoms with Gasteiger partial charge in [-0.1, -0.05) is 11.6 Å². The molecule has 0 aliphatic carbocycles. The van der Waals surface area contributed by atoms with Gasteiger partial charge in [-0.2, -0.15) is 0 Å². The first kappa shape index (κ1) is 18.0. The van der Waals surface area contributed by atoms with Crippen LogP contribution >= 0.6 is 0 Å². The minimum absolute atomic E-state index is 0.0279. The van der Waals surface area contributed by atoms with Crippen LogP contribution in [0.25, 0.3) is 0 Å². The molecule has 1 amide bonds. The molecule has 1 rings (SSSR count). The zero-order valence-electron chi connectivity index (χ0n) is 12.8. The van der Waals surface area contributed by atoms with E-state index >= 15 is 0 Å². The third-order valence-electron chi connectivity index (χ3n) is 2.93. The number of aryl methyl sites for hydroxylation is 1. The maximum Gasteiger partial charge on any atom is 0.303 e. The minimum Gasteiger partial charge on any atom is -0.481 e. The fraction of sp³-hybridized carbons (Fsp3) is 0.429. The quantitative estimate of drug-likeness (QED) is 0.785. The number of nitrogens with one attached hydrogen (secondary N) is 1. The predicted octanol–water partition coefficient (Wildman–Crippen LogP) is 1.30. The summed E-state index contributed by atoms with van der Waals surface area (Å²) in [7, 11) is -1.95. The number of hydrogen-bond donors (Lipinski definition) is 2. The van der Waals surface area contributed by atoms with E-state index in [0.29, 0.717) is 6.42 Å². The SMILES string of the molecule is Cc1ccc(NS(C)(=O)=O)c(C(=O)N(C)CCCC(=O)O)c1. The highest BCUT2D eigenvalue weighted by molar-refractivity contribution is 7.92. The molecule has 0 saturated carbocycles. The molecule has 8 heteroatoms. The number of nitrogens with zero attached hydrogens (tertiary/aromatic N) is 1. The first-order chi connectivity index (χ1) is 10.1. The van der Waals surface area contributed by atoms with Gasteiger partial charge in [-0.3, -0.25) is 14.3 Å². The van der Waals surface area contributed by atoms with Gasteiger partial charge in [-0.15, -0.1) is 0 Å². The molecule has 0 fully saturated rings. The Hall–Kier alpha value is -2.09. The number of carbonyl (C=O) groups excluding carboxylic acids is 1. The van der Waals surface area contributed by atoms with Crippen LogP contribution in [0.15, 0.2) is 18.2 Å². The summed E-state index contributed by atoms with van der Waals surface area (Å²) in [5, 5.41) is 8.61. The van der Waals surface area contributed by atoms with E-state index in [9.17, 15) is 18.0 Å². The van der Waals surface area contributed by atoms with Crippen molar-refractivity contribution in [1.82, 2.24) is 4.90 Å². The van der Waals surface area contributed by atoms with Crippen molar-refractivity contribution in [3.05, 3.63) is 29.3 Å². The highest BCUT2D eigenvalue weighted by Gasteiger charge is 2.18. The van der Waals surface area contributed by atoms with E-state index in [0.717, 1.165) is 11.8 Å². The van der Waals surface area contributed by atoms with E-state index in [2.05, 4.69) is 4.72 Å². The van der Waals surface area contributed by atoms with E-state index in [-0.39, 0.29) is 30.1 Å². The summed E-state index contributed by atoms with van der Waals surface area (Å²) in [5.41, 5.74) is 1.27. The molecule has 7 nitrogen and oxygen atoms in total. The van der Waals surface area contributed by atoms with E-state index in [1.807, 2.05) is 0 Å². The fourth-order valence-electron chi connectivity index (χ4n) is 1.90. The number of sulfonamides is 1. The molecule has 0 aliphatic rings. The zero-order valence-corrected chi connectivity index (χ0v) is 13.6. The van der Waals surface area contributed by atoms with Crippen LogP contribution in [-0.4, -0.2) is 50.1 Å². The summed E-state index contributed by atoms with van der Waals surface area (Å²) in [5.74, 6) is -1.28. The molecular weight excluding hydrogens is 308 g/mol. The van der Waals surface area contributed by atoms with Crippen molar-refractivity contribution < 1.29 is 23.1 Å². The smallest absolute Gasteiger partial charge is 0.303 e. The van der Waals surface area contributed by atoms with Crippen LogP contribution < -0.4 is 4.72 Å². The second-order valence-electron chi connectivity index (χ2n) is 5.15. The average Bonchev–Trinajstić information content (AvgIpc) is 2.38. The molecule has 0 saturated heterocycles. The number of aliphatic carboxylic acids is 1. The monoisotopic (exact) mass is 328 g/mol. The van der Waals surface area contributed by atoms with Crippen LogP contribution in [0.2, 0.25) is 0 Å².